The number of aryl methyl sites for hydroxylation is 1. The molecule has 1 aliphatic heterocycles. The summed E-state index contributed by atoms with van der Waals surface area (Å²) >= 11 is 1.95. The number of hydrogen-bond acceptors (Lipinski definition) is 3. The highest BCUT2D eigenvalue weighted by atomic mass is 32.1. The summed E-state index contributed by atoms with van der Waals surface area (Å²) < 4.78 is 0. The van der Waals surface area contributed by atoms with Gasteiger partial charge in [-0.25, -0.2) is 0 Å². The Labute approximate surface area is 115 Å². The van der Waals surface area contributed by atoms with Crippen LogP contribution in [0.1, 0.15) is 42.9 Å². The van der Waals surface area contributed by atoms with Gasteiger partial charge in [-0.05, 0) is 31.9 Å². The number of nitrogens with zero attached hydrogens (tertiary/aromatic N) is 1. The van der Waals surface area contributed by atoms with Crippen LogP contribution < -0.4 is 5.32 Å². The Kier molecular flexibility index (Phi) is 5.22. The molecule has 0 aromatic carbocycles. The zero-order chi connectivity index (χ0) is 13.0. The van der Waals surface area contributed by atoms with Gasteiger partial charge in [0, 0.05) is 41.5 Å². The van der Waals surface area contributed by atoms with E-state index in [1.807, 2.05) is 11.3 Å². The normalized spacial score (nSPS) is 25.5. The molecule has 2 atom stereocenters. The molecule has 102 valence electrons. The summed E-state index contributed by atoms with van der Waals surface area (Å²) in [5.74, 6) is 0. The maximum absolute atomic E-state index is 3.70. The van der Waals surface area contributed by atoms with Gasteiger partial charge in [-0.1, -0.05) is 20.3 Å². The van der Waals surface area contributed by atoms with Crippen molar-refractivity contribution in [3.63, 3.8) is 0 Å². The Morgan fingerprint density at radius 1 is 1.39 bits per heavy atom. The summed E-state index contributed by atoms with van der Waals surface area (Å²) in [6.45, 7) is 10.3. The molecule has 1 aromatic heterocycles. The molecule has 2 nitrogen and oxygen atoms in total. The number of thiophene rings is 1. The van der Waals surface area contributed by atoms with Gasteiger partial charge < -0.3 is 5.32 Å². The minimum Gasteiger partial charge on any atom is -0.311 e. The number of piperazine rings is 1. The topological polar surface area (TPSA) is 15.3 Å². The summed E-state index contributed by atoms with van der Waals surface area (Å²) in [4.78, 5) is 5.63. The summed E-state index contributed by atoms with van der Waals surface area (Å²) in [6, 6.07) is 5.94. The van der Waals surface area contributed by atoms with E-state index < -0.39 is 0 Å². The van der Waals surface area contributed by atoms with Crippen LogP contribution in [0, 0.1) is 6.92 Å². The molecule has 1 N–H and O–H groups in total. The van der Waals surface area contributed by atoms with Gasteiger partial charge in [0.05, 0.1) is 0 Å². The predicted molar refractivity (Wildman–Crippen MR) is 80.2 cm³/mol. The highest BCUT2D eigenvalue weighted by Crippen LogP contribution is 2.21. The second-order valence-electron chi connectivity index (χ2n) is 5.40. The zero-order valence-electron chi connectivity index (χ0n) is 11.9. The summed E-state index contributed by atoms with van der Waals surface area (Å²) in [7, 11) is 0. The van der Waals surface area contributed by atoms with Gasteiger partial charge >= 0.3 is 0 Å². The first-order chi connectivity index (χ1) is 8.72. The monoisotopic (exact) mass is 266 g/mol. The molecule has 2 rings (SSSR count). The first-order valence-corrected chi connectivity index (χ1v) is 8.07. The van der Waals surface area contributed by atoms with Gasteiger partial charge in [-0.15, -0.1) is 11.3 Å². The van der Waals surface area contributed by atoms with Crippen LogP contribution in [0.2, 0.25) is 0 Å². The van der Waals surface area contributed by atoms with E-state index >= 15 is 0 Å². The smallest absolute Gasteiger partial charge is 0.0332 e. The molecule has 2 heterocycles. The molecule has 1 aromatic rings. The van der Waals surface area contributed by atoms with Crippen LogP contribution in [0.5, 0.6) is 0 Å². The lowest BCUT2D eigenvalue weighted by Crippen LogP contribution is -2.55. The maximum Gasteiger partial charge on any atom is 0.0332 e. The standard InChI is InChI=1S/C15H26N2S/c1-4-6-13-10-17(14(5-2)9-16-13)11-15-8-7-12(3)18-15/h7-8,13-14,16H,4-6,9-11H2,1-3H3. The second kappa shape index (κ2) is 6.69. The predicted octanol–water partition coefficient (Wildman–Crippen LogP) is 3.41. The zero-order valence-corrected chi connectivity index (χ0v) is 12.7. The van der Waals surface area contributed by atoms with E-state index in [9.17, 15) is 0 Å². The number of nitrogens with one attached hydrogen (secondary N) is 1. The van der Waals surface area contributed by atoms with Crippen molar-refractivity contribution >= 4 is 11.3 Å². The Bertz CT molecular complexity index is 361. The minimum absolute atomic E-state index is 0.693. The number of rotatable bonds is 5. The van der Waals surface area contributed by atoms with Crippen LogP contribution in [-0.4, -0.2) is 30.1 Å². The van der Waals surface area contributed by atoms with Crippen molar-refractivity contribution in [3.8, 4) is 0 Å². The lowest BCUT2D eigenvalue weighted by molar-refractivity contribution is 0.117. The molecular weight excluding hydrogens is 240 g/mol. The van der Waals surface area contributed by atoms with Crippen molar-refractivity contribution < 1.29 is 0 Å². The van der Waals surface area contributed by atoms with E-state index in [1.165, 1.54) is 35.6 Å². The second-order valence-corrected chi connectivity index (χ2v) is 6.77. The molecule has 0 radical (unpaired) electrons. The molecule has 0 saturated carbocycles. The van der Waals surface area contributed by atoms with Gasteiger partial charge in [0.15, 0.2) is 0 Å². The molecule has 1 aliphatic rings. The molecule has 1 fully saturated rings. The lowest BCUT2D eigenvalue weighted by atomic mass is 10.0. The van der Waals surface area contributed by atoms with Crippen molar-refractivity contribution in [1.82, 2.24) is 10.2 Å². The van der Waals surface area contributed by atoms with Crippen LogP contribution in [0.15, 0.2) is 12.1 Å². The Balaban J connectivity index is 1.97. The van der Waals surface area contributed by atoms with Gasteiger partial charge in [0.2, 0.25) is 0 Å². The summed E-state index contributed by atoms with van der Waals surface area (Å²) in [5, 5.41) is 3.70. The van der Waals surface area contributed by atoms with Crippen LogP contribution in [-0.2, 0) is 6.54 Å². The highest BCUT2D eigenvalue weighted by molar-refractivity contribution is 7.11. The summed E-state index contributed by atoms with van der Waals surface area (Å²) in [6.07, 6.45) is 3.83. The van der Waals surface area contributed by atoms with Crippen molar-refractivity contribution in [3.05, 3.63) is 21.9 Å². The minimum atomic E-state index is 0.693. The maximum atomic E-state index is 3.70. The van der Waals surface area contributed by atoms with E-state index in [1.54, 1.807) is 0 Å². The summed E-state index contributed by atoms with van der Waals surface area (Å²) in [5.41, 5.74) is 0. The largest absolute Gasteiger partial charge is 0.311 e. The first-order valence-electron chi connectivity index (χ1n) is 7.25. The molecule has 0 spiro atoms. The number of hydrogen-bond donors (Lipinski definition) is 1. The van der Waals surface area contributed by atoms with Crippen LogP contribution in [0.3, 0.4) is 0 Å². The van der Waals surface area contributed by atoms with E-state index in [0.717, 1.165) is 13.1 Å². The fourth-order valence-corrected chi connectivity index (χ4v) is 3.75. The molecule has 0 bridgehead atoms. The molecule has 0 amide bonds. The fraction of sp³-hybridized carbons (Fsp3) is 0.733. The molecule has 1 saturated heterocycles. The third-order valence-corrected chi connectivity index (χ3v) is 4.86. The van der Waals surface area contributed by atoms with Gasteiger partial charge in [0.1, 0.15) is 0 Å². The first kappa shape index (κ1) is 14.0. The molecule has 18 heavy (non-hydrogen) atoms. The lowest BCUT2D eigenvalue weighted by Gasteiger charge is -2.40. The molecular formula is C15H26N2S. The van der Waals surface area contributed by atoms with Crippen molar-refractivity contribution in [2.75, 3.05) is 13.1 Å². The van der Waals surface area contributed by atoms with Crippen molar-refractivity contribution in [2.24, 2.45) is 0 Å². The third kappa shape index (κ3) is 3.56. The SMILES string of the molecule is CCCC1CN(Cc2ccc(C)s2)C(CC)CN1. The van der Waals surface area contributed by atoms with E-state index in [0.29, 0.717) is 12.1 Å². The molecule has 2 unspecified atom stereocenters. The van der Waals surface area contributed by atoms with Gasteiger partial charge in [-0.2, -0.15) is 0 Å². The average Bonchev–Trinajstić information content (AvgIpc) is 2.76. The van der Waals surface area contributed by atoms with Crippen molar-refractivity contribution in [2.45, 2.75) is 58.7 Å². The average molecular weight is 266 g/mol. The quantitative estimate of drug-likeness (QED) is 0.878. The Hall–Kier alpha value is -0.380. The molecule has 3 heteroatoms. The molecule has 0 aliphatic carbocycles. The van der Waals surface area contributed by atoms with Gasteiger partial charge in [0.25, 0.3) is 0 Å². The third-order valence-electron chi connectivity index (χ3n) is 3.88. The Morgan fingerprint density at radius 3 is 2.83 bits per heavy atom. The van der Waals surface area contributed by atoms with E-state index in [4.69, 9.17) is 0 Å². The fourth-order valence-electron chi connectivity index (χ4n) is 2.84. The highest BCUT2D eigenvalue weighted by Gasteiger charge is 2.26. The van der Waals surface area contributed by atoms with Crippen LogP contribution >= 0.6 is 11.3 Å². The van der Waals surface area contributed by atoms with E-state index in [-0.39, 0.29) is 0 Å². The van der Waals surface area contributed by atoms with Gasteiger partial charge in [-0.3, -0.25) is 4.90 Å². The van der Waals surface area contributed by atoms with Crippen molar-refractivity contribution in [1.29, 1.82) is 0 Å². The Morgan fingerprint density at radius 2 is 2.22 bits per heavy atom. The van der Waals surface area contributed by atoms with Crippen LogP contribution in [0.4, 0.5) is 0 Å². The van der Waals surface area contributed by atoms with E-state index in [2.05, 4.69) is 43.1 Å². The van der Waals surface area contributed by atoms with Crippen LogP contribution in [0.25, 0.3) is 0 Å².